The number of carbonyl (C=O) groups is 1. The van der Waals surface area contributed by atoms with E-state index >= 15 is 0 Å². The summed E-state index contributed by atoms with van der Waals surface area (Å²) in [6.07, 6.45) is 4.46. The van der Waals surface area contributed by atoms with E-state index in [1.54, 1.807) is 24.3 Å². The zero-order chi connectivity index (χ0) is 17.2. The van der Waals surface area contributed by atoms with Crippen LogP contribution in [0, 0.1) is 0 Å². The third-order valence-electron chi connectivity index (χ3n) is 3.54. The Morgan fingerprint density at radius 3 is 1.78 bits per heavy atom. The minimum Gasteiger partial charge on any atom is -0.252 e. The second-order valence-corrected chi connectivity index (χ2v) is 8.23. The number of rotatable bonds is 12. The number of urea groups is 1. The molecule has 0 N–H and O–H groups in total. The summed E-state index contributed by atoms with van der Waals surface area (Å²) in [6.45, 7) is 15.8. The molecule has 0 aromatic carbocycles. The van der Waals surface area contributed by atoms with Gasteiger partial charge >= 0.3 is 6.03 Å². The highest BCUT2D eigenvalue weighted by atomic mass is 32.2. The van der Waals surface area contributed by atoms with Gasteiger partial charge in [0.05, 0.1) is 12.6 Å². The fourth-order valence-electron chi connectivity index (χ4n) is 2.52. The Hall–Kier alpha value is -0.110. The Balaban J connectivity index is 2.62. The first kappa shape index (κ1) is 20.9. The fraction of sp³-hybridized carbons (Fsp3) is 0.938. The second-order valence-electron chi connectivity index (χ2n) is 6.04. The van der Waals surface area contributed by atoms with Crippen molar-refractivity contribution in [3.05, 3.63) is 0 Å². The molecule has 0 aromatic rings. The first-order chi connectivity index (χ1) is 11.1. The molecule has 1 atom stereocenters. The molecule has 1 rings (SSSR count). The minimum atomic E-state index is 0.141. The lowest BCUT2D eigenvalue weighted by molar-refractivity contribution is 0.224. The van der Waals surface area contributed by atoms with Crippen LogP contribution in [0.25, 0.3) is 0 Å². The smallest absolute Gasteiger partial charge is 0.252 e. The lowest BCUT2D eigenvalue weighted by Crippen LogP contribution is -2.33. The zero-order valence-corrected chi connectivity index (χ0v) is 17.1. The van der Waals surface area contributed by atoms with E-state index in [0.29, 0.717) is 0 Å². The van der Waals surface area contributed by atoms with Crippen molar-refractivity contribution >= 4 is 30.3 Å². The molecule has 7 heteroatoms. The van der Waals surface area contributed by atoms with Crippen LogP contribution in [0.4, 0.5) is 4.79 Å². The van der Waals surface area contributed by atoms with Gasteiger partial charge < -0.3 is 0 Å². The summed E-state index contributed by atoms with van der Waals surface area (Å²) in [7, 11) is 0. The van der Waals surface area contributed by atoms with Gasteiger partial charge in [-0.05, 0) is 32.6 Å². The van der Waals surface area contributed by atoms with Crippen LogP contribution < -0.4 is 0 Å². The van der Waals surface area contributed by atoms with Crippen molar-refractivity contribution in [2.75, 3.05) is 32.7 Å². The molecular formula is C16H34N4OS2. The topological polar surface area (TPSA) is 30.0 Å². The molecule has 1 unspecified atom stereocenters. The predicted molar refractivity (Wildman–Crippen MR) is 103 cm³/mol. The normalized spacial score (nSPS) is 18.7. The van der Waals surface area contributed by atoms with E-state index in [0.717, 1.165) is 58.4 Å². The molecule has 0 spiro atoms. The van der Waals surface area contributed by atoms with E-state index in [1.807, 2.05) is 8.61 Å². The predicted octanol–water partition coefficient (Wildman–Crippen LogP) is 4.48. The van der Waals surface area contributed by atoms with Crippen LogP contribution >= 0.6 is 24.3 Å². The number of carbonyl (C=O) groups excluding carboxylic acids is 1. The molecule has 2 amide bonds. The number of nitrogens with zero attached hydrogens (tertiary/aromatic N) is 4. The molecular weight excluding hydrogens is 328 g/mol. The highest BCUT2D eigenvalue weighted by molar-refractivity contribution is 7.96. The van der Waals surface area contributed by atoms with Crippen LogP contribution in [0.3, 0.4) is 0 Å². The molecule has 0 saturated carbocycles. The number of hydrogen-bond donors (Lipinski definition) is 0. The molecule has 1 aliphatic rings. The highest BCUT2D eigenvalue weighted by Gasteiger charge is 2.38. The third kappa shape index (κ3) is 6.72. The maximum Gasteiger partial charge on any atom is 0.342 e. The van der Waals surface area contributed by atoms with Crippen molar-refractivity contribution in [1.82, 2.24) is 17.2 Å². The Bertz CT molecular complexity index is 334. The lowest BCUT2D eigenvalue weighted by Gasteiger charge is -2.27. The van der Waals surface area contributed by atoms with Gasteiger partial charge in [-0.15, -0.1) is 0 Å². The Morgan fingerprint density at radius 2 is 1.35 bits per heavy atom. The first-order valence-corrected chi connectivity index (χ1v) is 10.5. The van der Waals surface area contributed by atoms with Gasteiger partial charge in [0, 0.05) is 50.4 Å². The van der Waals surface area contributed by atoms with Crippen molar-refractivity contribution in [2.45, 2.75) is 66.3 Å². The highest BCUT2D eigenvalue weighted by Crippen LogP contribution is 2.32. The monoisotopic (exact) mass is 362 g/mol. The van der Waals surface area contributed by atoms with Crippen molar-refractivity contribution < 1.29 is 4.79 Å². The van der Waals surface area contributed by atoms with Gasteiger partial charge in [0.25, 0.3) is 0 Å². The molecule has 0 aliphatic carbocycles. The molecule has 0 bridgehead atoms. The summed E-state index contributed by atoms with van der Waals surface area (Å²) < 4.78 is 8.51. The van der Waals surface area contributed by atoms with Gasteiger partial charge in [-0.25, -0.2) is 17.7 Å². The SMILES string of the molecule is CCCN(CCC)SN1CC(C)N(SN(CCC)CCC)C1=O. The van der Waals surface area contributed by atoms with Crippen LogP contribution in [-0.4, -0.2) is 62.0 Å². The summed E-state index contributed by atoms with van der Waals surface area (Å²) in [4.78, 5) is 12.8. The van der Waals surface area contributed by atoms with Crippen LogP contribution in [0.2, 0.25) is 0 Å². The summed E-state index contributed by atoms with van der Waals surface area (Å²) in [5.74, 6) is 0. The van der Waals surface area contributed by atoms with E-state index < -0.39 is 0 Å². The van der Waals surface area contributed by atoms with Crippen LogP contribution in [0.1, 0.15) is 60.3 Å². The molecule has 1 heterocycles. The molecule has 5 nitrogen and oxygen atoms in total. The Morgan fingerprint density at radius 1 is 0.913 bits per heavy atom. The molecule has 136 valence electrons. The van der Waals surface area contributed by atoms with Crippen LogP contribution in [-0.2, 0) is 0 Å². The summed E-state index contributed by atoms with van der Waals surface area (Å²) in [5, 5.41) is 0. The molecule has 0 radical (unpaired) electrons. The average molecular weight is 363 g/mol. The minimum absolute atomic E-state index is 0.141. The number of hydrogen-bond acceptors (Lipinski definition) is 5. The standard InChI is InChI=1S/C16H34N4OS2/c1-6-10-17(11-7-2)22-19-14-15(5)20(16(19)21)23-18(12-8-3)13-9-4/h15H,6-14H2,1-5H3. The molecule has 1 aliphatic heterocycles. The first-order valence-electron chi connectivity index (χ1n) is 9.03. The molecule has 0 aromatic heterocycles. The van der Waals surface area contributed by atoms with Crippen molar-refractivity contribution in [2.24, 2.45) is 0 Å². The van der Waals surface area contributed by atoms with Crippen LogP contribution in [0.5, 0.6) is 0 Å². The van der Waals surface area contributed by atoms with Crippen molar-refractivity contribution in [3.8, 4) is 0 Å². The molecule has 1 saturated heterocycles. The maximum absolute atomic E-state index is 12.8. The lowest BCUT2D eigenvalue weighted by atomic mass is 10.4. The molecule has 1 fully saturated rings. The van der Waals surface area contributed by atoms with Crippen LogP contribution in [0.15, 0.2) is 0 Å². The second kappa shape index (κ2) is 11.4. The van der Waals surface area contributed by atoms with E-state index in [-0.39, 0.29) is 12.1 Å². The average Bonchev–Trinajstić information content (AvgIpc) is 2.76. The Kier molecular flexibility index (Phi) is 10.4. The van der Waals surface area contributed by atoms with Gasteiger partial charge in [-0.2, -0.15) is 0 Å². The van der Waals surface area contributed by atoms with E-state index in [1.165, 1.54) is 0 Å². The maximum atomic E-state index is 12.8. The zero-order valence-electron chi connectivity index (χ0n) is 15.5. The van der Waals surface area contributed by atoms with E-state index in [4.69, 9.17) is 0 Å². The quantitative estimate of drug-likeness (QED) is 0.478. The van der Waals surface area contributed by atoms with Gasteiger partial charge in [-0.1, -0.05) is 27.7 Å². The van der Waals surface area contributed by atoms with Gasteiger partial charge in [0.2, 0.25) is 0 Å². The number of amides is 2. The van der Waals surface area contributed by atoms with E-state index in [9.17, 15) is 4.79 Å². The summed E-state index contributed by atoms with van der Waals surface area (Å²) in [6, 6.07) is 0.392. The largest absolute Gasteiger partial charge is 0.342 e. The Labute approximate surface area is 151 Å². The summed E-state index contributed by atoms with van der Waals surface area (Å²) in [5.41, 5.74) is 0. The fourth-order valence-corrected chi connectivity index (χ4v) is 5.00. The van der Waals surface area contributed by atoms with Gasteiger partial charge in [0.1, 0.15) is 0 Å². The third-order valence-corrected chi connectivity index (χ3v) is 5.93. The van der Waals surface area contributed by atoms with E-state index in [2.05, 4.69) is 43.2 Å². The van der Waals surface area contributed by atoms with Crippen molar-refractivity contribution in [3.63, 3.8) is 0 Å². The van der Waals surface area contributed by atoms with Gasteiger partial charge in [0.15, 0.2) is 0 Å². The van der Waals surface area contributed by atoms with Crippen molar-refractivity contribution in [1.29, 1.82) is 0 Å². The molecule has 23 heavy (non-hydrogen) atoms. The van der Waals surface area contributed by atoms with Gasteiger partial charge in [-0.3, -0.25) is 4.31 Å². The summed E-state index contributed by atoms with van der Waals surface area (Å²) >= 11 is 3.23.